The Morgan fingerprint density at radius 2 is 1.71 bits per heavy atom. The van der Waals surface area contributed by atoms with Crippen molar-refractivity contribution in [3.8, 4) is 11.5 Å². The minimum absolute atomic E-state index is 0.168. The van der Waals surface area contributed by atoms with E-state index in [9.17, 15) is 4.79 Å². The molecule has 6 rings (SSSR count). The molecule has 166 valence electrons. The van der Waals surface area contributed by atoms with Crippen LogP contribution >= 0.6 is 0 Å². The van der Waals surface area contributed by atoms with Crippen LogP contribution in [-0.2, 0) is 6.54 Å². The molecule has 0 spiro atoms. The Kier molecular flexibility index (Phi) is 4.96. The van der Waals surface area contributed by atoms with Crippen LogP contribution in [0.25, 0.3) is 21.7 Å². The van der Waals surface area contributed by atoms with Crippen LogP contribution in [0.5, 0.6) is 11.5 Å². The van der Waals surface area contributed by atoms with Crippen molar-refractivity contribution >= 4 is 33.8 Å². The second-order valence-corrected chi connectivity index (χ2v) is 8.13. The molecule has 2 heterocycles. The van der Waals surface area contributed by atoms with Gasteiger partial charge in [-0.15, -0.1) is 0 Å². The number of nitrogens with zero attached hydrogens (tertiary/aromatic N) is 2. The molecule has 34 heavy (non-hydrogen) atoms. The van der Waals surface area contributed by atoms with Gasteiger partial charge in [-0.2, -0.15) is 5.10 Å². The van der Waals surface area contributed by atoms with E-state index < -0.39 is 0 Å². The molecule has 4 aromatic carbocycles. The molecule has 0 unspecified atom stereocenters. The molecule has 6 nitrogen and oxygen atoms in total. The average molecular weight is 447 g/mol. The molecule has 0 saturated heterocycles. The Balaban J connectivity index is 1.27. The van der Waals surface area contributed by atoms with E-state index in [0.717, 1.165) is 23.0 Å². The van der Waals surface area contributed by atoms with Crippen LogP contribution in [0.1, 0.15) is 21.5 Å². The Bertz CT molecular complexity index is 1560. The van der Waals surface area contributed by atoms with Gasteiger partial charge in [-0.05, 0) is 40.6 Å². The molecular formula is C28H21N3O3. The number of hydrogen-bond acceptors (Lipinski definition) is 4. The SMILES string of the molecule is O=C(N/N=C\c1cn(Cc2cccc3ccccc23)c2ccccc12)c1ccc2c(c1)OCO2. The first kappa shape index (κ1) is 20.1. The zero-order valence-electron chi connectivity index (χ0n) is 18.3. The molecule has 1 aromatic heterocycles. The van der Waals surface area contributed by atoms with Crippen LogP contribution in [0, 0.1) is 0 Å². The molecule has 0 bridgehead atoms. The molecule has 0 fully saturated rings. The standard InChI is InChI=1S/C28H21N3O3/c32-28(20-12-13-26-27(14-20)34-18-33-26)30-29-15-22-17-31(25-11-4-3-10-24(22)25)16-21-8-5-7-19-6-1-2-9-23(19)21/h1-15,17H,16,18H2,(H,30,32)/b29-15-. The van der Waals surface area contributed by atoms with Crippen LogP contribution in [0.3, 0.4) is 0 Å². The number of amides is 1. The fourth-order valence-electron chi connectivity index (χ4n) is 4.39. The predicted octanol–water partition coefficient (Wildman–Crippen LogP) is 5.34. The summed E-state index contributed by atoms with van der Waals surface area (Å²) in [4.78, 5) is 12.5. The molecule has 0 saturated carbocycles. The predicted molar refractivity (Wildman–Crippen MR) is 133 cm³/mol. The van der Waals surface area contributed by atoms with E-state index in [1.807, 2.05) is 12.1 Å². The summed E-state index contributed by atoms with van der Waals surface area (Å²) in [5.41, 5.74) is 6.36. The third-order valence-corrected chi connectivity index (χ3v) is 6.04. The van der Waals surface area contributed by atoms with Gasteiger partial charge < -0.3 is 14.0 Å². The molecule has 5 aromatic rings. The molecular weight excluding hydrogens is 426 g/mol. The van der Waals surface area contributed by atoms with Crippen molar-refractivity contribution in [2.24, 2.45) is 5.10 Å². The summed E-state index contributed by atoms with van der Waals surface area (Å²) >= 11 is 0. The highest BCUT2D eigenvalue weighted by Gasteiger charge is 2.16. The summed E-state index contributed by atoms with van der Waals surface area (Å²) in [6, 6.07) is 28.1. The number of carbonyl (C=O) groups excluding carboxylic acids is 1. The third kappa shape index (κ3) is 3.65. The van der Waals surface area contributed by atoms with Gasteiger partial charge in [0.25, 0.3) is 5.91 Å². The Hall–Kier alpha value is -4.58. The van der Waals surface area contributed by atoms with E-state index in [2.05, 4.69) is 75.9 Å². The number of nitrogens with one attached hydrogen (secondary N) is 1. The fraction of sp³-hybridized carbons (Fsp3) is 0.0714. The lowest BCUT2D eigenvalue weighted by Gasteiger charge is -2.09. The molecule has 0 atom stereocenters. The first-order valence-corrected chi connectivity index (χ1v) is 11.0. The van der Waals surface area contributed by atoms with Crippen molar-refractivity contribution in [1.29, 1.82) is 0 Å². The van der Waals surface area contributed by atoms with Crippen molar-refractivity contribution in [3.05, 3.63) is 108 Å². The van der Waals surface area contributed by atoms with E-state index in [4.69, 9.17) is 9.47 Å². The smallest absolute Gasteiger partial charge is 0.271 e. The summed E-state index contributed by atoms with van der Waals surface area (Å²) in [5.74, 6) is 0.890. The van der Waals surface area contributed by atoms with Crippen LogP contribution in [0.2, 0.25) is 0 Å². The van der Waals surface area contributed by atoms with E-state index in [0.29, 0.717) is 17.1 Å². The number of hydrogen-bond donors (Lipinski definition) is 1. The van der Waals surface area contributed by atoms with Gasteiger partial charge in [0.2, 0.25) is 6.79 Å². The molecule has 0 aliphatic carbocycles. The highest BCUT2D eigenvalue weighted by Crippen LogP contribution is 2.32. The summed E-state index contributed by atoms with van der Waals surface area (Å²) in [5, 5.41) is 7.77. The van der Waals surface area contributed by atoms with Gasteiger partial charge in [0.1, 0.15) is 0 Å². The lowest BCUT2D eigenvalue weighted by molar-refractivity contribution is 0.0954. The molecule has 0 radical (unpaired) electrons. The maximum absolute atomic E-state index is 12.5. The molecule has 1 aliphatic heterocycles. The zero-order chi connectivity index (χ0) is 22.9. The molecule has 1 aliphatic rings. The quantitative estimate of drug-likeness (QED) is 0.292. The number of benzene rings is 4. The van der Waals surface area contributed by atoms with Gasteiger partial charge in [-0.1, -0.05) is 60.7 Å². The summed E-state index contributed by atoms with van der Waals surface area (Å²) in [6.07, 6.45) is 3.76. The number of aromatic nitrogens is 1. The minimum Gasteiger partial charge on any atom is -0.454 e. The van der Waals surface area contributed by atoms with Crippen LogP contribution in [0.15, 0.2) is 96.2 Å². The maximum atomic E-state index is 12.5. The van der Waals surface area contributed by atoms with Gasteiger partial charge >= 0.3 is 0 Å². The molecule has 1 amide bonds. The highest BCUT2D eigenvalue weighted by atomic mass is 16.7. The largest absolute Gasteiger partial charge is 0.454 e. The van der Waals surface area contributed by atoms with Gasteiger partial charge in [0.05, 0.1) is 6.21 Å². The molecule has 1 N–H and O–H groups in total. The number of rotatable bonds is 5. The lowest BCUT2D eigenvalue weighted by atomic mass is 10.0. The third-order valence-electron chi connectivity index (χ3n) is 6.04. The van der Waals surface area contributed by atoms with E-state index >= 15 is 0 Å². The first-order valence-electron chi connectivity index (χ1n) is 11.0. The monoisotopic (exact) mass is 447 g/mol. The fourth-order valence-corrected chi connectivity index (χ4v) is 4.39. The second kappa shape index (κ2) is 8.41. The minimum atomic E-state index is -0.311. The van der Waals surface area contributed by atoms with E-state index in [-0.39, 0.29) is 12.7 Å². The van der Waals surface area contributed by atoms with Gasteiger partial charge in [-0.25, -0.2) is 5.43 Å². The zero-order valence-corrected chi connectivity index (χ0v) is 18.3. The summed E-state index contributed by atoms with van der Waals surface area (Å²) < 4.78 is 12.9. The Labute approximate surface area is 196 Å². The van der Waals surface area contributed by atoms with Crippen LogP contribution < -0.4 is 14.9 Å². The van der Waals surface area contributed by atoms with Gasteiger partial charge in [-0.3, -0.25) is 4.79 Å². The maximum Gasteiger partial charge on any atom is 0.271 e. The number of ether oxygens (including phenoxy) is 2. The second-order valence-electron chi connectivity index (χ2n) is 8.13. The van der Waals surface area contributed by atoms with Crippen LogP contribution in [-0.4, -0.2) is 23.5 Å². The van der Waals surface area contributed by atoms with Crippen LogP contribution in [0.4, 0.5) is 0 Å². The summed E-state index contributed by atoms with van der Waals surface area (Å²) in [6.45, 7) is 0.903. The molecule has 6 heteroatoms. The average Bonchev–Trinajstić information content (AvgIpc) is 3.49. The van der Waals surface area contributed by atoms with E-state index in [1.54, 1.807) is 24.4 Å². The topological polar surface area (TPSA) is 64.9 Å². The first-order chi connectivity index (χ1) is 16.8. The van der Waals surface area contributed by atoms with Crippen molar-refractivity contribution in [1.82, 2.24) is 9.99 Å². The van der Waals surface area contributed by atoms with Crippen molar-refractivity contribution in [3.63, 3.8) is 0 Å². The van der Waals surface area contributed by atoms with Crippen molar-refractivity contribution < 1.29 is 14.3 Å². The summed E-state index contributed by atoms with van der Waals surface area (Å²) in [7, 11) is 0. The van der Waals surface area contributed by atoms with Crippen molar-refractivity contribution in [2.45, 2.75) is 6.54 Å². The number of carbonyl (C=O) groups is 1. The number of fused-ring (bicyclic) bond motifs is 3. The number of hydrazone groups is 1. The van der Waals surface area contributed by atoms with Gasteiger partial charge in [0.15, 0.2) is 11.5 Å². The Morgan fingerprint density at radius 3 is 2.65 bits per heavy atom. The van der Waals surface area contributed by atoms with Gasteiger partial charge in [0, 0.05) is 34.8 Å². The van der Waals surface area contributed by atoms with E-state index in [1.165, 1.54) is 16.3 Å². The lowest BCUT2D eigenvalue weighted by Crippen LogP contribution is -2.17. The van der Waals surface area contributed by atoms with Crippen molar-refractivity contribution in [2.75, 3.05) is 6.79 Å². The normalized spacial score (nSPS) is 12.6. The number of para-hydroxylation sites is 1. The Morgan fingerprint density at radius 1 is 0.912 bits per heavy atom. The highest BCUT2D eigenvalue weighted by molar-refractivity contribution is 6.01.